The number of nitrogens with one attached hydrogen (secondary N) is 1. The smallest absolute Gasteiger partial charge is 0.253 e. The summed E-state index contributed by atoms with van der Waals surface area (Å²) in [6.45, 7) is 5.74. The zero-order chi connectivity index (χ0) is 15.9. The number of aromatic nitrogens is 1. The molecule has 0 spiro atoms. The summed E-state index contributed by atoms with van der Waals surface area (Å²) >= 11 is 0. The number of nitrogens with zero attached hydrogens (tertiary/aromatic N) is 2. The molecule has 22 heavy (non-hydrogen) atoms. The van der Waals surface area contributed by atoms with Gasteiger partial charge in [0.2, 0.25) is 0 Å². The predicted molar refractivity (Wildman–Crippen MR) is 88.5 cm³/mol. The third-order valence-corrected chi connectivity index (χ3v) is 3.78. The van der Waals surface area contributed by atoms with E-state index in [4.69, 9.17) is 0 Å². The van der Waals surface area contributed by atoms with Crippen molar-refractivity contribution in [1.29, 1.82) is 0 Å². The second-order valence-corrected chi connectivity index (χ2v) is 5.70. The average molecular weight is 297 g/mol. The Bertz CT molecular complexity index is 611. The normalized spacial score (nSPS) is 11.0. The van der Waals surface area contributed by atoms with Gasteiger partial charge in [-0.3, -0.25) is 14.7 Å². The van der Waals surface area contributed by atoms with E-state index in [-0.39, 0.29) is 5.91 Å². The van der Waals surface area contributed by atoms with Gasteiger partial charge in [-0.05, 0) is 44.2 Å². The van der Waals surface area contributed by atoms with Crippen molar-refractivity contribution in [3.8, 4) is 0 Å². The van der Waals surface area contributed by atoms with Gasteiger partial charge in [-0.15, -0.1) is 0 Å². The second-order valence-electron chi connectivity index (χ2n) is 5.70. The molecule has 116 valence electrons. The molecule has 0 saturated carbocycles. The third-order valence-electron chi connectivity index (χ3n) is 3.78. The number of rotatable bonds is 6. The number of carbonyl (C=O) groups is 1. The Morgan fingerprint density at radius 3 is 2.55 bits per heavy atom. The molecule has 0 saturated heterocycles. The van der Waals surface area contributed by atoms with E-state index in [1.54, 1.807) is 24.5 Å². The fourth-order valence-corrected chi connectivity index (χ4v) is 2.11. The van der Waals surface area contributed by atoms with Gasteiger partial charge < -0.3 is 5.32 Å². The highest BCUT2D eigenvalue weighted by atomic mass is 16.1. The molecule has 1 N–H and O–H groups in total. The Labute approximate surface area is 132 Å². The van der Waals surface area contributed by atoms with Crippen LogP contribution in [0.25, 0.3) is 0 Å². The zero-order valence-corrected chi connectivity index (χ0v) is 13.4. The van der Waals surface area contributed by atoms with E-state index in [2.05, 4.69) is 48.2 Å². The standard InChI is InChI=1S/C18H23N3O/c1-14(2)21(3)13-17-8-5-4-7-15(17)12-20-18(22)16-9-6-10-19-11-16/h4-11,14H,12-13H2,1-3H3,(H,20,22). The van der Waals surface area contributed by atoms with E-state index < -0.39 is 0 Å². The quantitative estimate of drug-likeness (QED) is 0.891. The van der Waals surface area contributed by atoms with E-state index in [0.29, 0.717) is 18.2 Å². The van der Waals surface area contributed by atoms with Crippen molar-refractivity contribution < 1.29 is 4.79 Å². The van der Waals surface area contributed by atoms with Crippen LogP contribution < -0.4 is 5.32 Å². The molecular formula is C18H23N3O. The molecule has 0 aliphatic carbocycles. The second kappa shape index (κ2) is 7.71. The highest BCUT2D eigenvalue weighted by Gasteiger charge is 2.10. The molecule has 0 radical (unpaired) electrons. The number of carbonyl (C=O) groups excluding carboxylic acids is 1. The SMILES string of the molecule is CC(C)N(C)Cc1ccccc1CNC(=O)c1cccnc1. The van der Waals surface area contributed by atoms with Crippen molar-refractivity contribution in [3.05, 3.63) is 65.5 Å². The van der Waals surface area contributed by atoms with Gasteiger partial charge >= 0.3 is 0 Å². The summed E-state index contributed by atoms with van der Waals surface area (Å²) < 4.78 is 0. The van der Waals surface area contributed by atoms with E-state index >= 15 is 0 Å². The van der Waals surface area contributed by atoms with Gasteiger partial charge in [0.15, 0.2) is 0 Å². The molecule has 2 aromatic rings. The van der Waals surface area contributed by atoms with Crippen molar-refractivity contribution in [2.45, 2.75) is 33.0 Å². The zero-order valence-electron chi connectivity index (χ0n) is 13.4. The summed E-state index contributed by atoms with van der Waals surface area (Å²) in [6, 6.07) is 12.2. The van der Waals surface area contributed by atoms with E-state index in [1.807, 2.05) is 12.1 Å². The van der Waals surface area contributed by atoms with Crippen molar-refractivity contribution in [2.75, 3.05) is 7.05 Å². The van der Waals surface area contributed by atoms with E-state index in [9.17, 15) is 4.79 Å². The molecule has 1 aromatic heterocycles. The first-order chi connectivity index (χ1) is 10.6. The minimum atomic E-state index is -0.0971. The van der Waals surface area contributed by atoms with Crippen LogP contribution in [0.5, 0.6) is 0 Å². The lowest BCUT2D eigenvalue weighted by Crippen LogP contribution is -2.27. The Balaban J connectivity index is 2.02. The predicted octanol–water partition coefficient (Wildman–Crippen LogP) is 2.85. The Kier molecular flexibility index (Phi) is 5.67. The first kappa shape index (κ1) is 16.2. The van der Waals surface area contributed by atoms with Crippen LogP contribution in [0.4, 0.5) is 0 Å². The van der Waals surface area contributed by atoms with Crippen LogP contribution in [0.1, 0.15) is 35.3 Å². The van der Waals surface area contributed by atoms with Crippen LogP contribution in [0.15, 0.2) is 48.8 Å². The Morgan fingerprint density at radius 2 is 1.91 bits per heavy atom. The molecule has 0 aliphatic rings. The minimum absolute atomic E-state index is 0.0971. The molecule has 0 bridgehead atoms. The topological polar surface area (TPSA) is 45.2 Å². The summed E-state index contributed by atoms with van der Waals surface area (Å²) in [6.07, 6.45) is 3.24. The van der Waals surface area contributed by atoms with Crippen molar-refractivity contribution >= 4 is 5.91 Å². The highest BCUT2D eigenvalue weighted by Crippen LogP contribution is 2.12. The Morgan fingerprint density at radius 1 is 1.18 bits per heavy atom. The van der Waals surface area contributed by atoms with Gasteiger partial charge in [0.05, 0.1) is 5.56 Å². The van der Waals surface area contributed by atoms with Gasteiger partial charge in [-0.1, -0.05) is 24.3 Å². The van der Waals surface area contributed by atoms with E-state index in [1.165, 1.54) is 5.56 Å². The van der Waals surface area contributed by atoms with Crippen LogP contribution in [0.2, 0.25) is 0 Å². The molecule has 4 heteroatoms. The van der Waals surface area contributed by atoms with Gasteiger partial charge in [-0.25, -0.2) is 0 Å². The molecule has 1 aromatic carbocycles. The van der Waals surface area contributed by atoms with Crippen LogP contribution in [-0.4, -0.2) is 28.9 Å². The molecule has 0 fully saturated rings. The summed E-state index contributed by atoms with van der Waals surface area (Å²) in [5.74, 6) is -0.0971. The van der Waals surface area contributed by atoms with Crippen LogP contribution in [-0.2, 0) is 13.1 Å². The van der Waals surface area contributed by atoms with Crippen LogP contribution in [0, 0.1) is 0 Å². The van der Waals surface area contributed by atoms with Crippen molar-refractivity contribution in [2.24, 2.45) is 0 Å². The molecule has 0 unspecified atom stereocenters. The molecule has 1 heterocycles. The summed E-state index contributed by atoms with van der Waals surface area (Å²) in [5.41, 5.74) is 2.97. The lowest BCUT2D eigenvalue weighted by atomic mass is 10.1. The first-order valence-corrected chi connectivity index (χ1v) is 7.53. The van der Waals surface area contributed by atoms with E-state index in [0.717, 1.165) is 12.1 Å². The molecule has 2 rings (SSSR count). The van der Waals surface area contributed by atoms with Gasteiger partial charge in [0, 0.05) is 31.5 Å². The summed E-state index contributed by atoms with van der Waals surface area (Å²) in [5, 5.41) is 2.96. The highest BCUT2D eigenvalue weighted by molar-refractivity contribution is 5.93. The summed E-state index contributed by atoms with van der Waals surface area (Å²) in [7, 11) is 2.11. The van der Waals surface area contributed by atoms with Crippen molar-refractivity contribution in [3.63, 3.8) is 0 Å². The van der Waals surface area contributed by atoms with Crippen molar-refractivity contribution in [1.82, 2.24) is 15.2 Å². The fraction of sp³-hybridized carbons (Fsp3) is 0.333. The lowest BCUT2D eigenvalue weighted by Gasteiger charge is -2.22. The molecule has 1 amide bonds. The molecule has 4 nitrogen and oxygen atoms in total. The average Bonchev–Trinajstić information content (AvgIpc) is 2.54. The molecular weight excluding hydrogens is 274 g/mol. The number of hydrogen-bond acceptors (Lipinski definition) is 3. The molecule has 0 aliphatic heterocycles. The maximum Gasteiger partial charge on any atom is 0.253 e. The van der Waals surface area contributed by atoms with Gasteiger partial charge in [-0.2, -0.15) is 0 Å². The minimum Gasteiger partial charge on any atom is -0.348 e. The number of hydrogen-bond donors (Lipinski definition) is 1. The van der Waals surface area contributed by atoms with Crippen LogP contribution in [0.3, 0.4) is 0 Å². The van der Waals surface area contributed by atoms with Crippen LogP contribution >= 0.6 is 0 Å². The summed E-state index contributed by atoms with van der Waals surface area (Å²) in [4.78, 5) is 18.3. The molecule has 0 atom stereocenters. The number of benzene rings is 1. The number of pyridine rings is 1. The first-order valence-electron chi connectivity index (χ1n) is 7.53. The lowest BCUT2D eigenvalue weighted by molar-refractivity contribution is 0.0950. The fourth-order valence-electron chi connectivity index (χ4n) is 2.11. The van der Waals surface area contributed by atoms with Gasteiger partial charge in [0.1, 0.15) is 0 Å². The Hall–Kier alpha value is -2.20. The maximum atomic E-state index is 12.1. The number of amides is 1. The van der Waals surface area contributed by atoms with Gasteiger partial charge in [0.25, 0.3) is 5.91 Å². The largest absolute Gasteiger partial charge is 0.348 e. The maximum absolute atomic E-state index is 12.1. The third kappa shape index (κ3) is 4.40. The monoisotopic (exact) mass is 297 g/mol.